The zero-order chi connectivity index (χ0) is 14.7. The summed E-state index contributed by atoms with van der Waals surface area (Å²) in [5.41, 5.74) is 2.70. The Morgan fingerprint density at radius 3 is 2.67 bits per heavy atom. The first-order valence-corrected chi connectivity index (χ1v) is 8.29. The van der Waals surface area contributed by atoms with E-state index in [9.17, 15) is 9.90 Å². The molecule has 0 spiro atoms. The van der Waals surface area contributed by atoms with Gasteiger partial charge in [0.15, 0.2) is 0 Å². The molecule has 114 valence electrons. The van der Waals surface area contributed by atoms with Gasteiger partial charge in [0.25, 0.3) is 0 Å². The van der Waals surface area contributed by atoms with Crippen LogP contribution in [0.5, 0.6) is 0 Å². The van der Waals surface area contributed by atoms with Crippen molar-refractivity contribution in [1.29, 1.82) is 0 Å². The normalized spacial score (nSPS) is 29.3. The highest BCUT2D eigenvalue weighted by molar-refractivity contribution is 5.79. The molecule has 1 saturated carbocycles. The van der Waals surface area contributed by atoms with E-state index < -0.39 is 0 Å². The van der Waals surface area contributed by atoms with Gasteiger partial charge in [-0.05, 0) is 43.2 Å². The molecule has 3 unspecified atom stereocenters. The van der Waals surface area contributed by atoms with E-state index in [1.165, 1.54) is 17.5 Å². The lowest BCUT2D eigenvalue weighted by Crippen LogP contribution is -2.46. The number of amides is 1. The van der Waals surface area contributed by atoms with Gasteiger partial charge in [-0.15, -0.1) is 0 Å². The van der Waals surface area contributed by atoms with Crippen molar-refractivity contribution in [2.75, 3.05) is 0 Å². The summed E-state index contributed by atoms with van der Waals surface area (Å²) in [6.45, 7) is 0. The summed E-state index contributed by atoms with van der Waals surface area (Å²) in [4.78, 5) is 12.5. The number of fused-ring (bicyclic) bond motifs is 1. The minimum absolute atomic E-state index is 0.0443. The van der Waals surface area contributed by atoms with E-state index in [-0.39, 0.29) is 24.0 Å². The zero-order valence-electron chi connectivity index (χ0n) is 12.6. The third-order valence-electron chi connectivity index (χ3n) is 5.02. The zero-order valence-corrected chi connectivity index (χ0v) is 12.6. The number of aliphatic hydroxyl groups excluding tert-OH is 1. The van der Waals surface area contributed by atoms with E-state index in [1.807, 2.05) is 6.07 Å². The molecule has 3 heteroatoms. The van der Waals surface area contributed by atoms with E-state index in [4.69, 9.17) is 0 Å². The quantitative estimate of drug-likeness (QED) is 0.821. The van der Waals surface area contributed by atoms with E-state index in [1.54, 1.807) is 0 Å². The monoisotopic (exact) mass is 287 g/mol. The Bertz CT molecular complexity index is 500. The maximum atomic E-state index is 12.5. The third kappa shape index (κ3) is 3.46. The van der Waals surface area contributed by atoms with Gasteiger partial charge in [-0.2, -0.15) is 0 Å². The van der Waals surface area contributed by atoms with Gasteiger partial charge in [0.2, 0.25) is 5.91 Å². The lowest BCUT2D eigenvalue weighted by atomic mass is 9.83. The summed E-state index contributed by atoms with van der Waals surface area (Å²) in [5, 5.41) is 13.3. The van der Waals surface area contributed by atoms with Gasteiger partial charge in [-0.3, -0.25) is 4.79 Å². The van der Waals surface area contributed by atoms with Crippen LogP contribution in [0.3, 0.4) is 0 Å². The Kier molecular flexibility index (Phi) is 4.59. The standard InChI is InChI=1S/C18H25NO2/c20-17-9-3-1-2-8-16(17)19-18(21)15-11-10-13-6-4-5-7-14(13)12-15/h4-7,15-17,20H,1-3,8-12H2,(H,19,21). The van der Waals surface area contributed by atoms with Gasteiger partial charge in [0.1, 0.15) is 0 Å². The molecule has 1 fully saturated rings. The molecule has 1 amide bonds. The van der Waals surface area contributed by atoms with Crippen molar-refractivity contribution in [3.63, 3.8) is 0 Å². The fourth-order valence-electron chi connectivity index (χ4n) is 3.68. The van der Waals surface area contributed by atoms with Gasteiger partial charge in [0.05, 0.1) is 12.1 Å². The Morgan fingerprint density at radius 1 is 1.05 bits per heavy atom. The second-order valence-corrected chi connectivity index (χ2v) is 6.53. The lowest BCUT2D eigenvalue weighted by molar-refractivity contribution is -0.127. The minimum Gasteiger partial charge on any atom is -0.391 e. The predicted octanol–water partition coefficient (Wildman–Crippen LogP) is 2.60. The Labute approximate surface area is 126 Å². The first-order valence-electron chi connectivity index (χ1n) is 8.29. The number of nitrogens with one attached hydrogen (secondary N) is 1. The summed E-state index contributed by atoms with van der Waals surface area (Å²) in [6.07, 6.45) is 7.46. The number of carbonyl (C=O) groups excluding carboxylic acids is 1. The van der Waals surface area contributed by atoms with Crippen molar-refractivity contribution in [1.82, 2.24) is 5.32 Å². The highest BCUT2D eigenvalue weighted by Gasteiger charge is 2.28. The van der Waals surface area contributed by atoms with Crippen LogP contribution in [0.15, 0.2) is 24.3 Å². The molecule has 21 heavy (non-hydrogen) atoms. The highest BCUT2D eigenvalue weighted by Crippen LogP contribution is 2.26. The number of hydrogen-bond acceptors (Lipinski definition) is 2. The number of aliphatic hydroxyl groups is 1. The molecule has 0 radical (unpaired) electrons. The van der Waals surface area contributed by atoms with Crippen molar-refractivity contribution in [2.45, 2.75) is 63.5 Å². The smallest absolute Gasteiger partial charge is 0.223 e. The Morgan fingerprint density at radius 2 is 1.81 bits per heavy atom. The topological polar surface area (TPSA) is 49.3 Å². The maximum absolute atomic E-state index is 12.5. The molecule has 0 heterocycles. The molecule has 2 aliphatic rings. The number of carbonyl (C=O) groups is 1. The van der Waals surface area contributed by atoms with Crippen LogP contribution in [0.1, 0.15) is 49.7 Å². The average Bonchev–Trinajstić information content (AvgIpc) is 2.72. The van der Waals surface area contributed by atoms with Crippen molar-refractivity contribution in [3.8, 4) is 0 Å². The summed E-state index contributed by atoms with van der Waals surface area (Å²) in [5.74, 6) is 0.200. The Hall–Kier alpha value is -1.35. The van der Waals surface area contributed by atoms with E-state index in [0.29, 0.717) is 0 Å². The van der Waals surface area contributed by atoms with E-state index in [0.717, 1.165) is 44.9 Å². The molecule has 3 nitrogen and oxygen atoms in total. The minimum atomic E-state index is -0.368. The number of hydrogen-bond donors (Lipinski definition) is 2. The van der Waals surface area contributed by atoms with E-state index in [2.05, 4.69) is 23.5 Å². The molecule has 0 bridgehead atoms. The maximum Gasteiger partial charge on any atom is 0.223 e. The first kappa shape index (κ1) is 14.6. The van der Waals surface area contributed by atoms with Crippen LogP contribution >= 0.6 is 0 Å². The van der Waals surface area contributed by atoms with Crippen molar-refractivity contribution in [2.24, 2.45) is 5.92 Å². The van der Waals surface area contributed by atoms with Gasteiger partial charge in [-0.25, -0.2) is 0 Å². The average molecular weight is 287 g/mol. The summed E-state index contributed by atoms with van der Waals surface area (Å²) < 4.78 is 0. The molecule has 3 rings (SSSR count). The summed E-state index contributed by atoms with van der Waals surface area (Å²) in [6, 6.07) is 8.38. The fourth-order valence-corrected chi connectivity index (χ4v) is 3.68. The SMILES string of the molecule is O=C(NC1CCCCCC1O)C1CCc2ccccc2C1. The summed E-state index contributed by atoms with van der Waals surface area (Å²) in [7, 11) is 0. The van der Waals surface area contributed by atoms with Gasteiger partial charge in [0, 0.05) is 5.92 Å². The van der Waals surface area contributed by atoms with Crippen LogP contribution in [0.2, 0.25) is 0 Å². The van der Waals surface area contributed by atoms with Crippen molar-refractivity contribution < 1.29 is 9.90 Å². The first-order chi connectivity index (χ1) is 10.2. The molecule has 0 saturated heterocycles. The van der Waals surface area contributed by atoms with Crippen molar-refractivity contribution >= 4 is 5.91 Å². The largest absolute Gasteiger partial charge is 0.391 e. The van der Waals surface area contributed by atoms with Crippen LogP contribution in [0.25, 0.3) is 0 Å². The molecule has 0 aromatic heterocycles. The number of benzene rings is 1. The number of rotatable bonds is 2. The second-order valence-electron chi connectivity index (χ2n) is 6.53. The van der Waals surface area contributed by atoms with Gasteiger partial charge >= 0.3 is 0 Å². The predicted molar refractivity (Wildman–Crippen MR) is 83.0 cm³/mol. The molecule has 0 aliphatic heterocycles. The van der Waals surface area contributed by atoms with Crippen LogP contribution in [-0.2, 0) is 17.6 Å². The Balaban J connectivity index is 1.61. The molecular weight excluding hydrogens is 262 g/mol. The molecule has 3 atom stereocenters. The molecule has 2 N–H and O–H groups in total. The molecule has 1 aromatic rings. The molecule has 2 aliphatic carbocycles. The lowest BCUT2D eigenvalue weighted by Gasteiger charge is -2.28. The van der Waals surface area contributed by atoms with E-state index >= 15 is 0 Å². The molecular formula is C18H25NO2. The fraction of sp³-hybridized carbons (Fsp3) is 0.611. The van der Waals surface area contributed by atoms with Gasteiger partial charge in [-0.1, -0.05) is 43.5 Å². The van der Waals surface area contributed by atoms with Crippen LogP contribution in [-0.4, -0.2) is 23.2 Å². The van der Waals surface area contributed by atoms with Crippen LogP contribution < -0.4 is 5.32 Å². The van der Waals surface area contributed by atoms with Crippen LogP contribution in [0.4, 0.5) is 0 Å². The highest BCUT2D eigenvalue weighted by atomic mass is 16.3. The summed E-state index contributed by atoms with van der Waals surface area (Å²) >= 11 is 0. The van der Waals surface area contributed by atoms with Gasteiger partial charge < -0.3 is 10.4 Å². The second kappa shape index (κ2) is 6.61. The van der Waals surface area contributed by atoms with Crippen molar-refractivity contribution in [3.05, 3.63) is 35.4 Å². The number of aryl methyl sites for hydroxylation is 1. The van der Waals surface area contributed by atoms with Crippen LogP contribution in [0, 0.1) is 5.92 Å². The molecule has 1 aromatic carbocycles. The third-order valence-corrected chi connectivity index (χ3v) is 5.02.